The molecule has 1 atom stereocenters. The number of rotatable bonds is 5. The third kappa shape index (κ3) is 4.03. The zero-order valence-corrected chi connectivity index (χ0v) is 17.8. The van der Waals surface area contributed by atoms with E-state index in [0.717, 1.165) is 11.1 Å². The summed E-state index contributed by atoms with van der Waals surface area (Å²) in [6, 6.07) is 22.4. The average molecular weight is 432 g/mol. The number of fused-ring (bicyclic) bond motifs is 1. The van der Waals surface area contributed by atoms with Gasteiger partial charge >= 0.3 is 0 Å². The zero-order valence-electron chi connectivity index (χ0n) is 16.9. The number of sulfonamides is 1. The van der Waals surface area contributed by atoms with Gasteiger partial charge in [0.05, 0.1) is 23.1 Å². The third-order valence-electron chi connectivity index (χ3n) is 5.29. The first kappa shape index (κ1) is 20.6. The van der Waals surface area contributed by atoms with E-state index < -0.39 is 10.0 Å². The Morgan fingerprint density at radius 3 is 2.48 bits per heavy atom. The Kier molecular flexibility index (Phi) is 5.49. The van der Waals surface area contributed by atoms with E-state index in [0.29, 0.717) is 29.8 Å². The fourth-order valence-electron chi connectivity index (χ4n) is 3.82. The highest BCUT2D eigenvalue weighted by molar-refractivity contribution is 7.92. The zero-order chi connectivity index (χ0) is 22.0. The van der Waals surface area contributed by atoms with E-state index in [-0.39, 0.29) is 16.8 Å². The highest BCUT2D eigenvalue weighted by Crippen LogP contribution is 2.37. The van der Waals surface area contributed by atoms with E-state index in [1.165, 1.54) is 4.31 Å². The van der Waals surface area contributed by atoms with E-state index in [1.54, 1.807) is 72.8 Å². The minimum Gasteiger partial charge on any atom is -0.322 e. The summed E-state index contributed by atoms with van der Waals surface area (Å²) in [6.45, 7) is 1.86. The van der Waals surface area contributed by atoms with Crippen molar-refractivity contribution in [3.63, 3.8) is 0 Å². The molecule has 0 spiro atoms. The Labute approximate surface area is 181 Å². The topological polar surface area (TPSA) is 90.3 Å². The minimum absolute atomic E-state index is 0.244. The molecule has 0 fully saturated rings. The predicted octanol–water partition coefficient (Wildman–Crippen LogP) is 4.14. The molecule has 3 aromatic carbocycles. The number of hydrogen-bond donors (Lipinski definition) is 1. The second kappa shape index (κ2) is 8.25. The lowest BCUT2D eigenvalue weighted by Gasteiger charge is -2.24. The lowest BCUT2D eigenvalue weighted by atomic mass is 10.1. The van der Waals surface area contributed by atoms with Gasteiger partial charge in [-0.15, -0.1) is 0 Å². The first-order valence-corrected chi connectivity index (χ1v) is 11.3. The van der Waals surface area contributed by atoms with Crippen LogP contribution in [0.15, 0.2) is 77.7 Å². The molecule has 156 valence electrons. The van der Waals surface area contributed by atoms with Crippen LogP contribution in [-0.4, -0.2) is 20.4 Å². The molecule has 1 N–H and O–H groups in total. The summed E-state index contributed by atoms with van der Waals surface area (Å²) in [5.74, 6) is -0.271. The van der Waals surface area contributed by atoms with E-state index in [1.807, 2.05) is 6.92 Å². The lowest BCUT2D eigenvalue weighted by molar-refractivity contribution is 0.102. The summed E-state index contributed by atoms with van der Waals surface area (Å²) >= 11 is 0. The van der Waals surface area contributed by atoms with Crippen LogP contribution < -0.4 is 9.62 Å². The molecule has 3 aromatic rings. The summed E-state index contributed by atoms with van der Waals surface area (Å²) in [7, 11) is -3.68. The van der Waals surface area contributed by atoms with Gasteiger partial charge in [0.1, 0.15) is 0 Å². The number of nitrogens with zero attached hydrogens (tertiary/aromatic N) is 2. The second-order valence-corrected chi connectivity index (χ2v) is 9.31. The molecule has 0 saturated carbocycles. The quantitative estimate of drug-likeness (QED) is 0.657. The Morgan fingerprint density at radius 1 is 1.10 bits per heavy atom. The van der Waals surface area contributed by atoms with Gasteiger partial charge in [-0.1, -0.05) is 30.3 Å². The molecule has 0 radical (unpaired) electrons. The Bertz CT molecular complexity index is 1260. The molecular formula is C24H21N3O3S. The smallest absolute Gasteiger partial charge is 0.264 e. The minimum atomic E-state index is -3.68. The summed E-state index contributed by atoms with van der Waals surface area (Å²) in [5.41, 5.74) is 3.41. The fourth-order valence-corrected chi connectivity index (χ4v) is 5.53. The van der Waals surface area contributed by atoms with E-state index in [2.05, 4.69) is 11.4 Å². The standard InChI is InChI=1S/C24H21N3O3S/c1-17-15-20-16-19(24(28)26-21-10-7-18(8-11-21)13-14-25)9-12-23(20)27(17)31(29,30)22-5-3-2-4-6-22/h2-12,16-17H,13,15H2,1H3,(H,26,28)/t17-/m0/s1. The van der Waals surface area contributed by atoms with Gasteiger partial charge in [-0.2, -0.15) is 5.26 Å². The Balaban J connectivity index is 1.57. The number of hydrogen-bond acceptors (Lipinski definition) is 4. The maximum Gasteiger partial charge on any atom is 0.264 e. The van der Waals surface area contributed by atoms with Crippen LogP contribution >= 0.6 is 0 Å². The molecule has 0 aliphatic carbocycles. The van der Waals surface area contributed by atoms with Gasteiger partial charge in [-0.25, -0.2) is 8.42 Å². The summed E-state index contributed by atoms with van der Waals surface area (Å²) < 4.78 is 27.8. The molecule has 1 amide bonds. The fraction of sp³-hybridized carbons (Fsp3) is 0.167. The van der Waals surface area contributed by atoms with Crippen molar-refractivity contribution in [1.29, 1.82) is 5.26 Å². The van der Waals surface area contributed by atoms with Crippen LogP contribution in [0, 0.1) is 11.3 Å². The largest absolute Gasteiger partial charge is 0.322 e. The van der Waals surface area contributed by atoms with Gasteiger partial charge in [-0.05, 0) is 66.9 Å². The van der Waals surface area contributed by atoms with Crippen LogP contribution in [0.25, 0.3) is 0 Å². The monoisotopic (exact) mass is 431 g/mol. The summed E-state index contributed by atoms with van der Waals surface area (Å²) in [6.07, 6.45) is 0.852. The Hall–Kier alpha value is -3.63. The number of benzene rings is 3. The van der Waals surface area contributed by atoms with Crippen molar-refractivity contribution < 1.29 is 13.2 Å². The average Bonchev–Trinajstić information content (AvgIpc) is 3.11. The van der Waals surface area contributed by atoms with E-state index in [4.69, 9.17) is 5.26 Å². The van der Waals surface area contributed by atoms with Crippen molar-refractivity contribution in [3.05, 3.63) is 89.5 Å². The van der Waals surface area contributed by atoms with Gasteiger partial charge < -0.3 is 5.32 Å². The van der Waals surface area contributed by atoms with Crippen molar-refractivity contribution in [2.75, 3.05) is 9.62 Å². The summed E-state index contributed by atoms with van der Waals surface area (Å²) in [5, 5.41) is 11.6. The molecule has 1 aliphatic heterocycles. The first-order valence-electron chi connectivity index (χ1n) is 9.90. The van der Waals surface area contributed by atoms with Crippen molar-refractivity contribution in [2.45, 2.75) is 30.7 Å². The number of nitrogens with one attached hydrogen (secondary N) is 1. The van der Waals surface area contributed by atoms with Crippen LogP contribution in [0.4, 0.5) is 11.4 Å². The molecule has 6 nitrogen and oxygen atoms in total. The van der Waals surface area contributed by atoms with Gasteiger partial charge in [0.25, 0.3) is 15.9 Å². The third-order valence-corrected chi connectivity index (χ3v) is 7.23. The summed E-state index contributed by atoms with van der Waals surface area (Å²) in [4.78, 5) is 13.0. The van der Waals surface area contributed by atoms with Gasteiger partial charge in [0.2, 0.25) is 0 Å². The molecule has 31 heavy (non-hydrogen) atoms. The molecule has 1 heterocycles. The molecule has 1 aliphatic rings. The van der Waals surface area contributed by atoms with Crippen molar-refractivity contribution >= 4 is 27.3 Å². The highest BCUT2D eigenvalue weighted by atomic mass is 32.2. The SMILES string of the molecule is C[C@H]1Cc2cc(C(=O)Nc3ccc(CC#N)cc3)ccc2N1S(=O)(=O)c1ccccc1. The number of nitriles is 1. The maximum absolute atomic E-state index is 13.2. The molecule has 4 rings (SSSR count). The number of anilines is 2. The molecule has 7 heteroatoms. The maximum atomic E-state index is 13.2. The lowest BCUT2D eigenvalue weighted by Crippen LogP contribution is -2.35. The Morgan fingerprint density at radius 2 is 1.81 bits per heavy atom. The van der Waals surface area contributed by atoms with Crippen molar-refractivity contribution in [1.82, 2.24) is 0 Å². The first-order chi connectivity index (χ1) is 14.9. The second-order valence-electron chi connectivity index (χ2n) is 7.50. The molecule has 0 unspecified atom stereocenters. The van der Waals surface area contributed by atoms with Crippen molar-refractivity contribution in [2.24, 2.45) is 0 Å². The number of carbonyl (C=O) groups is 1. The normalized spacial score (nSPS) is 15.2. The van der Waals surface area contributed by atoms with Gasteiger partial charge in [0, 0.05) is 17.3 Å². The highest BCUT2D eigenvalue weighted by Gasteiger charge is 2.36. The van der Waals surface area contributed by atoms with Gasteiger partial charge in [-0.3, -0.25) is 9.10 Å². The molecular weight excluding hydrogens is 410 g/mol. The van der Waals surface area contributed by atoms with E-state index in [9.17, 15) is 13.2 Å². The van der Waals surface area contributed by atoms with Crippen molar-refractivity contribution in [3.8, 4) is 6.07 Å². The predicted molar refractivity (Wildman–Crippen MR) is 119 cm³/mol. The van der Waals surface area contributed by atoms with E-state index >= 15 is 0 Å². The molecule has 0 saturated heterocycles. The van der Waals surface area contributed by atoms with Crippen LogP contribution in [0.2, 0.25) is 0 Å². The molecule has 0 aromatic heterocycles. The molecule has 0 bridgehead atoms. The number of carbonyl (C=O) groups excluding carboxylic acids is 1. The van der Waals surface area contributed by atoms with Crippen LogP contribution in [-0.2, 0) is 22.9 Å². The van der Waals surface area contributed by atoms with Crippen LogP contribution in [0.5, 0.6) is 0 Å². The number of amides is 1. The van der Waals surface area contributed by atoms with Crippen LogP contribution in [0.3, 0.4) is 0 Å². The van der Waals surface area contributed by atoms with Gasteiger partial charge in [0.15, 0.2) is 0 Å². The van der Waals surface area contributed by atoms with Crippen LogP contribution in [0.1, 0.15) is 28.4 Å².